The van der Waals surface area contributed by atoms with Crippen LogP contribution in [0.3, 0.4) is 0 Å². The number of amides is 1. The van der Waals surface area contributed by atoms with Gasteiger partial charge in [-0.15, -0.1) is 0 Å². The number of anilines is 1. The largest absolute Gasteiger partial charge is 0.478 e. The van der Waals surface area contributed by atoms with E-state index in [2.05, 4.69) is 4.98 Å². The summed E-state index contributed by atoms with van der Waals surface area (Å²) in [4.78, 5) is 28.6. The Morgan fingerprint density at radius 2 is 1.65 bits per heavy atom. The Kier molecular flexibility index (Phi) is 3.79. The molecule has 0 aliphatic carbocycles. The summed E-state index contributed by atoms with van der Waals surface area (Å²) in [5, 5.41) is 8.84. The van der Waals surface area contributed by atoms with E-state index < -0.39 is 5.97 Å². The van der Waals surface area contributed by atoms with Crippen LogP contribution in [-0.4, -0.2) is 29.0 Å². The molecule has 0 saturated heterocycles. The number of carbonyl (C=O) groups is 2. The molecular formula is C15H14N2O3. The zero-order chi connectivity index (χ0) is 14.7. The van der Waals surface area contributed by atoms with E-state index in [9.17, 15) is 9.59 Å². The zero-order valence-electron chi connectivity index (χ0n) is 11.2. The number of hydrogen-bond donors (Lipinski definition) is 1. The lowest BCUT2D eigenvalue weighted by Crippen LogP contribution is -2.26. The van der Waals surface area contributed by atoms with Gasteiger partial charge in [0.2, 0.25) is 0 Å². The first kappa shape index (κ1) is 13.7. The normalized spacial score (nSPS) is 10.1. The van der Waals surface area contributed by atoms with E-state index in [0.29, 0.717) is 11.3 Å². The molecule has 1 N–H and O–H groups in total. The SMILES string of the molecule is Cc1ccc(C(=O)N(C)c2ccc(C(=O)O)cc2)cn1. The van der Waals surface area contributed by atoms with E-state index in [0.717, 1.165) is 5.69 Å². The Morgan fingerprint density at radius 1 is 1.05 bits per heavy atom. The number of nitrogens with zero attached hydrogens (tertiary/aromatic N) is 2. The maximum atomic E-state index is 12.2. The zero-order valence-corrected chi connectivity index (χ0v) is 11.2. The summed E-state index contributed by atoms with van der Waals surface area (Å²) >= 11 is 0. The molecule has 1 aromatic carbocycles. The Morgan fingerprint density at radius 3 is 2.15 bits per heavy atom. The molecular weight excluding hydrogens is 256 g/mol. The third kappa shape index (κ3) is 2.83. The molecule has 2 aromatic rings. The molecule has 0 aliphatic heterocycles. The lowest BCUT2D eigenvalue weighted by molar-refractivity contribution is 0.0696. The van der Waals surface area contributed by atoms with Gasteiger partial charge in [0.1, 0.15) is 0 Å². The molecule has 0 aliphatic rings. The summed E-state index contributed by atoms with van der Waals surface area (Å²) in [5.41, 5.74) is 2.14. The molecule has 0 spiro atoms. The number of carboxylic acids is 1. The van der Waals surface area contributed by atoms with E-state index >= 15 is 0 Å². The summed E-state index contributed by atoms with van der Waals surface area (Å²) in [7, 11) is 1.64. The number of carboxylic acid groups (broad SMARTS) is 1. The van der Waals surface area contributed by atoms with Gasteiger partial charge in [-0.05, 0) is 43.3 Å². The first-order chi connectivity index (χ1) is 9.49. The van der Waals surface area contributed by atoms with Gasteiger partial charge >= 0.3 is 5.97 Å². The van der Waals surface area contributed by atoms with Gasteiger partial charge in [0, 0.05) is 24.6 Å². The number of rotatable bonds is 3. The Bertz CT molecular complexity index is 633. The number of carbonyl (C=O) groups excluding carboxylic acids is 1. The van der Waals surface area contributed by atoms with Crippen LogP contribution in [0.5, 0.6) is 0 Å². The first-order valence-electron chi connectivity index (χ1n) is 6.03. The summed E-state index contributed by atoms with van der Waals surface area (Å²) in [5.74, 6) is -1.19. The Labute approximate surface area is 116 Å². The highest BCUT2D eigenvalue weighted by Crippen LogP contribution is 2.16. The van der Waals surface area contributed by atoms with Crippen LogP contribution >= 0.6 is 0 Å². The molecule has 2 rings (SSSR count). The van der Waals surface area contributed by atoms with E-state index in [1.807, 2.05) is 6.92 Å². The predicted molar refractivity (Wildman–Crippen MR) is 75.1 cm³/mol. The highest BCUT2D eigenvalue weighted by molar-refractivity contribution is 6.05. The van der Waals surface area contributed by atoms with E-state index in [1.54, 1.807) is 31.3 Å². The Balaban J connectivity index is 2.22. The standard InChI is InChI=1S/C15H14N2O3/c1-10-3-4-12(9-16-10)14(18)17(2)13-7-5-11(6-8-13)15(19)20/h3-9H,1-2H3,(H,19,20). The van der Waals surface area contributed by atoms with Gasteiger partial charge < -0.3 is 10.0 Å². The van der Waals surface area contributed by atoms with Gasteiger partial charge in [-0.1, -0.05) is 0 Å². The number of benzene rings is 1. The molecule has 0 saturated carbocycles. The second-order valence-electron chi connectivity index (χ2n) is 4.40. The average Bonchev–Trinajstić information content (AvgIpc) is 2.46. The van der Waals surface area contributed by atoms with Crippen molar-refractivity contribution >= 4 is 17.6 Å². The Hall–Kier alpha value is -2.69. The van der Waals surface area contributed by atoms with Crippen LogP contribution in [0, 0.1) is 6.92 Å². The molecule has 1 aromatic heterocycles. The van der Waals surface area contributed by atoms with Crippen molar-refractivity contribution in [3.8, 4) is 0 Å². The van der Waals surface area contributed by atoms with Crippen LogP contribution in [0.25, 0.3) is 0 Å². The molecule has 20 heavy (non-hydrogen) atoms. The van der Waals surface area contributed by atoms with E-state index in [1.165, 1.54) is 23.2 Å². The highest BCUT2D eigenvalue weighted by atomic mass is 16.4. The van der Waals surface area contributed by atoms with Crippen molar-refractivity contribution in [2.24, 2.45) is 0 Å². The van der Waals surface area contributed by atoms with Crippen LogP contribution < -0.4 is 4.90 Å². The number of aryl methyl sites for hydroxylation is 1. The topological polar surface area (TPSA) is 70.5 Å². The highest BCUT2D eigenvalue weighted by Gasteiger charge is 2.14. The fraction of sp³-hybridized carbons (Fsp3) is 0.133. The predicted octanol–water partition coefficient (Wildman–Crippen LogP) is 2.36. The van der Waals surface area contributed by atoms with E-state index in [4.69, 9.17) is 5.11 Å². The molecule has 102 valence electrons. The van der Waals surface area contributed by atoms with E-state index in [-0.39, 0.29) is 11.5 Å². The van der Waals surface area contributed by atoms with Crippen LogP contribution in [0.1, 0.15) is 26.4 Å². The van der Waals surface area contributed by atoms with Crippen molar-refractivity contribution < 1.29 is 14.7 Å². The number of aromatic nitrogens is 1. The number of aromatic carboxylic acids is 1. The smallest absolute Gasteiger partial charge is 0.335 e. The fourth-order valence-corrected chi connectivity index (χ4v) is 1.73. The van der Waals surface area contributed by atoms with Crippen LogP contribution in [0.4, 0.5) is 5.69 Å². The van der Waals surface area contributed by atoms with Crippen molar-refractivity contribution in [1.82, 2.24) is 4.98 Å². The summed E-state index contributed by atoms with van der Waals surface area (Å²) in [6, 6.07) is 9.62. The third-order valence-electron chi connectivity index (χ3n) is 2.96. The summed E-state index contributed by atoms with van der Waals surface area (Å²) in [6.45, 7) is 1.85. The maximum Gasteiger partial charge on any atom is 0.335 e. The van der Waals surface area contributed by atoms with Crippen molar-refractivity contribution in [2.45, 2.75) is 6.92 Å². The molecule has 5 nitrogen and oxygen atoms in total. The van der Waals surface area contributed by atoms with Crippen molar-refractivity contribution in [3.05, 3.63) is 59.4 Å². The van der Waals surface area contributed by atoms with Gasteiger partial charge in [0.05, 0.1) is 11.1 Å². The number of pyridine rings is 1. The van der Waals surface area contributed by atoms with Gasteiger partial charge in [-0.25, -0.2) is 4.79 Å². The molecule has 0 fully saturated rings. The lowest BCUT2D eigenvalue weighted by Gasteiger charge is -2.17. The molecule has 1 amide bonds. The molecule has 0 radical (unpaired) electrons. The van der Waals surface area contributed by atoms with Crippen molar-refractivity contribution in [2.75, 3.05) is 11.9 Å². The number of hydrogen-bond acceptors (Lipinski definition) is 3. The molecule has 1 heterocycles. The fourth-order valence-electron chi connectivity index (χ4n) is 1.73. The molecule has 0 atom stereocenters. The van der Waals surface area contributed by atoms with Crippen molar-refractivity contribution in [1.29, 1.82) is 0 Å². The maximum absolute atomic E-state index is 12.2. The van der Waals surface area contributed by atoms with Gasteiger partial charge in [0.15, 0.2) is 0 Å². The molecule has 5 heteroatoms. The second-order valence-corrected chi connectivity index (χ2v) is 4.40. The average molecular weight is 270 g/mol. The van der Waals surface area contributed by atoms with Crippen LogP contribution in [0.2, 0.25) is 0 Å². The minimum Gasteiger partial charge on any atom is -0.478 e. The molecule has 0 unspecified atom stereocenters. The van der Waals surface area contributed by atoms with Gasteiger partial charge in [-0.3, -0.25) is 9.78 Å². The lowest BCUT2D eigenvalue weighted by atomic mass is 10.2. The summed E-state index contributed by atoms with van der Waals surface area (Å²) in [6.07, 6.45) is 1.53. The quantitative estimate of drug-likeness (QED) is 0.929. The minimum absolute atomic E-state index is 0.187. The second kappa shape index (κ2) is 5.52. The molecule has 0 bridgehead atoms. The summed E-state index contributed by atoms with van der Waals surface area (Å²) < 4.78 is 0. The van der Waals surface area contributed by atoms with Gasteiger partial charge in [0.25, 0.3) is 5.91 Å². The monoisotopic (exact) mass is 270 g/mol. The van der Waals surface area contributed by atoms with Crippen molar-refractivity contribution in [3.63, 3.8) is 0 Å². The minimum atomic E-state index is -0.992. The van der Waals surface area contributed by atoms with Crippen LogP contribution in [0.15, 0.2) is 42.6 Å². The van der Waals surface area contributed by atoms with Crippen LogP contribution in [-0.2, 0) is 0 Å². The first-order valence-corrected chi connectivity index (χ1v) is 6.03. The van der Waals surface area contributed by atoms with Gasteiger partial charge in [-0.2, -0.15) is 0 Å². The third-order valence-corrected chi connectivity index (χ3v) is 2.96.